The molecule has 0 bridgehead atoms. The highest BCUT2D eigenvalue weighted by Crippen LogP contribution is 2.19. The van der Waals surface area contributed by atoms with Crippen LogP contribution in [-0.4, -0.2) is 44.5 Å². The summed E-state index contributed by atoms with van der Waals surface area (Å²) in [6.45, 7) is 6.53. The molecule has 0 spiro atoms. The minimum absolute atomic E-state index is 0. The fraction of sp³-hybridized carbons (Fsp3) is 0.409. The molecule has 0 heterocycles. The van der Waals surface area contributed by atoms with Crippen LogP contribution < -0.4 is 15.4 Å². The van der Waals surface area contributed by atoms with Crippen LogP contribution in [0.2, 0.25) is 0 Å². The van der Waals surface area contributed by atoms with Crippen molar-refractivity contribution in [2.45, 2.75) is 26.0 Å². The van der Waals surface area contributed by atoms with Gasteiger partial charge in [0.25, 0.3) is 0 Å². The molecule has 2 aromatic rings. The van der Waals surface area contributed by atoms with Crippen LogP contribution in [0.25, 0.3) is 0 Å². The van der Waals surface area contributed by atoms with Crippen LogP contribution in [0.15, 0.2) is 59.6 Å². The van der Waals surface area contributed by atoms with Crippen LogP contribution in [-0.2, 0) is 16.9 Å². The van der Waals surface area contributed by atoms with Gasteiger partial charge in [0.15, 0.2) is 5.96 Å². The SMILES string of the molecule is CCNC(=NCc1ccc(OCCOC)cc1)NCC(C)(O)c1ccccc1.I. The number of hydrogen-bond acceptors (Lipinski definition) is 4. The first-order valence-corrected chi connectivity index (χ1v) is 9.56. The van der Waals surface area contributed by atoms with Gasteiger partial charge in [0.05, 0.1) is 19.7 Å². The van der Waals surface area contributed by atoms with Gasteiger partial charge >= 0.3 is 0 Å². The maximum atomic E-state index is 10.7. The lowest BCUT2D eigenvalue weighted by molar-refractivity contribution is 0.0617. The average molecular weight is 513 g/mol. The summed E-state index contributed by atoms with van der Waals surface area (Å²) >= 11 is 0. The highest BCUT2D eigenvalue weighted by atomic mass is 127. The second-order valence-corrected chi connectivity index (χ2v) is 6.67. The number of nitrogens with one attached hydrogen (secondary N) is 2. The predicted molar refractivity (Wildman–Crippen MR) is 128 cm³/mol. The molecule has 2 aromatic carbocycles. The van der Waals surface area contributed by atoms with Crippen LogP contribution in [0.1, 0.15) is 25.0 Å². The molecule has 0 aliphatic heterocycles. The molecule has 0 radical (unpaired) electrons. The Hall–Kier alpha value is -1.84. The first kappa shape index (κ1) is 25.2. The highest BCUT2D eigenvalue weighted by molar-refractivity contribution is 14.0. The van der Waals surface area contributed by atoms with E-state index >= 15 is 0 Å². The van der Waals surface area contributed by atoms with Crippen molar-refractivity contribution in [2.75, 3.05) is 33.4 Å². The zero-order valence-electron chi connectivity index (χ0n) is 17.4. The Morgan fingerprint density at radius 1 is 1.03 bits per heavy atom. The lowest BCUT2D eigenvalue weighted by atomic mass is 9.96. The smallest absolute Gasteiger partial charge is 0.191 e. The number of aliphatic imine (C=N–C) groups is 1. The van der Waals surface area contributed by atoms with E-state index in [9.17, 15) is 5.11 Å². The number of methoxy groups -OCH3 is 1. The molecule has 160 valence electrons. The van der Waals surface area contributed by atoms with Gasteiger partial charge in [0, 0.05) is 13.7 Å². The lowest BCUT2D eigenvalue weighted by Gasteiger charge is -2.25. The van der Waals surface area contributed by atoms with E-state index in [0.29, 0.717) is 32.3 Å². The number of hydrogen-bond donors (Lipinski definition) is 3. The summed E-state index contributed by atoms with van der Waals surface area (Å²) in [7, 11) is 1.65. The van der Waals surface area contributed by atoms with Gasteiger partial charge in [-0.1, -0.05) is 42.5 Å². The molecule has 0 saturated carbocycles. The maximum Gasteiger partial charge on any atom is 0.191 e. The third-order valence-corrected chi connectivity index (χ3v) is 4.24. The molecule has 0 fully saturated rings. The van der Waals surface area contributed by atoms with Gasteiger partial charge in [-0.25, -0.2) is 4.99 Å². The second kappa shape index (κ2) is 13.4. The molecular formula is C22H32IN3O3. The van der Waals surface area contributed by atoms with Gasteiger partial charge in [-0.15, -0.1) is 24.0 Å². The van der Waals surface area contributed by atoms with Gasteiger partial charge in [-0.2, -0.15) is 0 Å². The van der Waals surface area contributed by atoms with Crippen molar-refractivity contribution in [3.63, 3.8) is 0 Å². The summed E-state index contributed by atoms with van der Waals surface area (Å²) in [5, 5.41) is 17.2. The van der Waals surface area contributed by atoms with E-state index in [1.807, 2.05) is 61.5 Å². The van der Waals surface area contributed by atoms with E-state index in [0.717, 1.165) is 23.4 Å². The predicted octanol–water partition coefficient (Wildman–Crippen LogP) is 3.29. The van der Waals surface area contributed by atoms with E-state index in [1.54, 1.807) is 14.0 Å². The van der Waals surface area contributed by atoms with E-state index < -0.39 is 5.60 Å². The van der Waals surface area contributed by atoms with Crippen LogP contribution in [0, 0.1) is 0 Å². The first-order chi connectivity index (χ1) is 13.5. The van der Waals surface area contributed by atoms with Crippen molar-refractivity contribution in [3.8, 4) is 5.75 Å². The third kappa shape index (κ3) is 9.01. The summed E-state index contributed by atoms with van der Waals surface area (Å²) in [5.41, 5.74) is 0.951. The fourth-order valence-corrected chi connectivity index (χ4v) is 2.60. The lowest BCUT2D eigenvalue weighted by Crippen LogP contribution is -2.44. The minimum Gasteiger partial charge on any atom is -0.491 e. The molecule has 0 aromatic heterocycles. The van der Waals surface area contributed by atoms with Crippen molar-refractivity contribution in [1.82, 2.24) is 10.6 Å². The highest BCUT2D eigenvalue weighted by Gasteiger charge is 2.22. The molecular weight excluding hydrogens is 481 g/mol. The Balaban J connectivity index is 0.00000420. The first-order valence-electron chi connectivity index (χ1n) is 9.56. The summed E-state index contributed by atoms with van der Waals surface area (Å²) < 4.78 is 10.5. The van der Waals surface area contributed by atoms with Crippen molar-refractivity contribution in [1.29, 1.82) is 0 Å². The molecule has 3 N–H and O–H groups in total. The largest absolute Gasteiger partial charge is 0.491 e. The summed E-state index contributed by atoms with van der Waals surface area (Å²) in [4.78, 5) is 4.61. The van der Waals surface area contributed by atoms with Crippen LogP contribution in [0.4, 0.5) is 0 Å². The van der Waals surface area contributed by atoms with E-state index in [2.05, 4.69) is 15.6 Å². The van der Waals surface area contributed by atoms with Crippen molar-refractivity contribution in [3.05, 3.63) is 65.7 Å². The normalized spacial score (nSPS) is 13.2. The number of guanidine groups is 1. The Labute approximate surface area is 190 Å². The third-order valence-electron chi connectivity index (χ3n) is 4.24. The number of halogens is 1. The second-order valence-electron chi connectivity index (χ2n) is 6.67. The summed E-state index contributed by atoms with van der Waals surface area (Å²) in [5.74, 6) is 1.48. The molecule has 1 atom stereocenters. The Kier molecular flexibility index (Phi) is 11.6. The minimum atomic E-state index is -0.987. The summed E-state index contributed by atoms with van der Waals surface area (Å²) in [6, 6.07) is 17.5. The molecule has 29 heavy (non-hydrogen) atoms. The standard InChI is InChI=1S/C22H31N3O3.HI/c1-4-23-21(25-17-22(2,26)19-8-6-5-7-9-19)24-16-18-10-12-20(13-11-18)28-15-14-27-3;/h5-13,26H,4,14-17H2,1-3H3,(H2,23,24,25);1H. The van der Waals surface area contributed by atoms with Gasteiger partial charge in [0.1, 0.15) is 18.0 Å². The van der Waals surface area contributed by atoms with Crippen LogP contribution in [0.3, 0.4) is 0 Å². The van der Waals surface area contributed by atoms with E-state index in [1.165, 1.54) is 0 Å². The topological polar surface area (TPSA) is 75.1 Å². The Bertz CT molecular complexity index is 722. The van der Waals surface area contributed by atoms with Gasteiger partial charge < -0.3 is 25.2 Å². The molecule has 0 saturated heterocycles. The number of aliphatic hydroxyl groups is 1. The molecule has 0 amide bonds. The molecule has 6 nitrogen and oxygen atoms in total. The number of rotatable bonds is 10. The molecule has 2 rings (SSSR count). The summed E-state index contributed by atoms with van der Waals surface area (Å²) in [6.07, 6.45) is 0. The van der Waals surface area contributed by atoms with Crippen LogP contribution in [0.5, 0.6) is 5.75 Å². The number of benzene rings is 2. The number of nitrogens with zero attached hydrogens (tertiary/aromatic N) is 1. The average Bonchev–Trinajstić information content (AvgIpc) is 2.72. The molecule has 7 heteroatoms. The molecule has 1 unspecified atom stereocenters. The van der Waals surface area contributed by atoms with Crippen molar-refractivity contribution in [2.24, 2.45) is 4.99 Å². The molecule has 0 aliphatic carbocycles. The monoisotopic (exact) mass is 513 g/mol. The van der Waals surface area contributed by atoms with E-state index in [-0.39, 0.29) is 24.0 Å². The Morgan fingerprint density at radius 2 is 1.72 bits per heavy atom. The van der Waals surface area contributed by atoms with Crippen LogP contribution >= 0.6 is 24.0 Å². The van der Waals surface area contributed by atoms with Gasteiger partial charge in [-0.3, -0.25) is 0 Å². The zero-order valence-corrected chi connectivity index (χ0v) is 19.7. The van der Waals surface area contributed by atoms with Gasteiger partial charge in [0.2, 0.25) is 0 Å². The van der Waals surface area contributed by atoms with E-state index in [4.69, 9.17) is 9.47 Å². The zero-order chi connectivity index (χ0) is 20.2. The van der Waals surface area contributed by atoms with Crippen molar-refractivity contribution < 1.29 is 14.6 Å². The quantitative estimate of drug-likeness (QED) is 0.197. The van der Waals surface area contributed by atoms with Crippen molar-refractivity contribution >= 4 is 29.9 Å². The molecule has 0 aliphatic rings. The van der Waals surface area contributed by atoms with Gasteiger partial charge in [-0.05, 0) is 37.1 Å². The Morgan fingerprint density at radius 3 is 2.34 bits per heavy atom. The number of ether oxygens (including phenoxy) is 2. The fourth-order valence-electron chi connectivity index (χ4n) is 2.60. The maximum absolute atomic E-state index is 10.7.